The Kier molecular flexibility index (Phi) is 8.30. The lowest BCUT2D eigenvalue weighted by molar-refractivity contribution is 0.183. The Morgan fingerprint density at radius 2 is 1.50 bits per heavy atom. The number of hydrogen-bond donors (Lipinski definition) is 0. The molecule has 1 aliphatic heterocycles. The van der Waals surface area contributed by atoms with Gasteiger partial charge in [-0.1, -0.05) is 55.8 Å². The Balaban J connectivity index is 1.36. The largest absolute Gasteiger partial charge is 0.492 e. The first-order valence-corrected chi connectivity index (χ1v) is 15.2. The lowest BCUT2D eigenvalue weighted by Crippen LogP contribution is -2.33. The Labute approximate surface area is 225 Å². The monoisotopic (exact) mass is 529 g/mol. The molecule has 5 rings (SSSR count). The van der Waals surface area contributed by atoms with Crippen molar-refractivity contribution in [3.05, 3.63) is 84.9 Å². The molecule has 38 heavy (non-hydrogen) atoms. The molecule has 1 heterocycles. The topological polar surface area (TPSA) is 55.8 Å². The fraction of sp³-hybridized carbons (Fsp3) is 0.312. The lowest BCUT2D eigenvalue weighted by Gasteiger charge is -2.26. The van der Waals surface area contributed by atoms with E-state index in [1.807, 2.05) is 67.6 Å². The molecule has 198 valence electrons. The average molecular weight is 530 g/mol. The average Bonchev–Trinajstić information content (AvgIpc) is 2.95. The van der Waals surface area contributed by atoms with Gasteiger partial charge in [0.2, 0.25) is 0 Å². The molecular weight excluding hydrogens is 494 g/mol. The molecule has 5 nitrogen and oxygen atoms in total. The predicted octanol–water partition coefficient (Wildman–Crippen LogP) is 7.35. The van der Waals surface area contributed by atoms with E-state index in [4.69, 9.17) is 9.47 Å². The summed E-state index contributed by atoms with van der Waals surface area (Å²) in [6, 6.07) is 27.1. The molecule has 1 aliphatic rings. The first kappa shape index (κ1) is 26.3. The summed E-state index contributed by atoms with van der Waals surface area (Å²) < 4.78 is 37.5. The second-order valence-corrected chi connectivity index (χ2v) is 11.9. The zero-order valence-corrected chi connectivity index (χ0v) is 22.8. The molecule has 4 aromatic rings. The highest BCUT2D eigenvalue weighted by Crippen LogP contribution is 2.40. The first-order valence-electron chi connectivity index (χ1n) is 13.5. The van der Waals surface area contributed by atoms with Crippen LogP contribution in [0.5, 0.6) is 17.2 Å². The fourth-order valence-electron chi connectivity index (χ4n) is 5.01. The predicted molar refractivity (Wildman–Crippen MR) is 154 cm³/mol. The van der Waals surface area contributed by atoms with Crippen molar-refractivity contribution >= 4 is 20.6 Å². The summed E-state index contributed by atoms with van der Waals surface area (Å²) in [5.41, 5.74) is 1.81. The zero-order chi connectivity index (χ0) is 26.4. The van der Waals surface area contributed by atoms with Crippen LogP contribution in [0.1, 0.15) is 32.6 Å². The van der Waals surface area contributed by atoms with Gasteiger partial charge in [-0.15, -0.1) is 0 Å². The smallest absolute Gasteiger partial charge is 0.178 e. The summed E-state index contributed by atoms with van der Waals surface area (Å²) in [4.78, 5) is 2.82. The number of ether oxygens (including phenoxy) is 2. The number of sulfone groups is 1. The Bertz CT molecular complexity index is 1460. The van der Waals surface area contributed by atoms with Gasteiger partial charge >= 0.3 is 0 Å². The van der Waals surface area contributed by atoms with E-state index in [9.17, 15) is 8.42 Å². The molecule has 0 aromatic heterocycles. The van der Waals surface area contributed by atoms with E-state index in [-0.39, 0.29) is 5.75 Å². The van der Waals surface area contributed by atoms with Crippen molar-refractivity contribution in [3.63, 3.8) is 0 Å². The molecule has 6 heteroatoms. The second kappa shape index (κ2) is 12.0. The summed E-state index contributed by atoms with van der Waals surface area (Å²) in [5, 5.41) is 2.07. The summed E-state index contributed by atoms with van der Waals surface area (Å²) >= 11 is 0. The summed E-state index contributed by atoms with van der Waals surface area (Å²) in [5.74, 6) is 2.44. The highest BCUT2D eigenvalue weighted by atomic mass is 32.2. The maximum Gasteiger partial charge on any atom is 0.178 e. The zero-order valence-electron chi connectivity index (χ0n) is 21.9. The molecule has 0 saturated carbocycles. The highest BCUT2D eigenvalue weighted by molar-refractivity contribution is 7.91. The van der Waals surface area contributed by atoms with Gasteiger partial charge in [0.25, 0.3) is 0 Å². The molecule has 1 saturated heterocycles. The SMILES string of the molecule is CCCS(=O)(=O)c1ccc(-c2ccc3ccccc3c2Oc2ccc(OCCN3CCCCC3)cc2)cc1. The molecule has 0 spiro atoms. The molecule has 0 radical (unpaired) electrons. The molecular formula is C32H35NO4S. The highest BCUT2D eigenvalue weighted by Gasteiger charge is 2.16. The maximum absolute atomic E-state index is 12.5. The molecule has 0 bridgehead atoms. The number of fused-ring (bicyclic) bond motifs is 1. The van der Waals surface area contributed by atoms with Crippen LogP contribution >= 0.6 is 0 Å². The molecule has 0 atom stereocenters. The van der Waals surface area contributed by atoms with Crippen LogP contribution in [0.15, 0.2) is 89.8 Å². The van der Waals surface area contributed by atoms with Gasteiger partial charge in [-0.2, -0.15) is 0 Å². The minimum absolute atomic E-state index is 0.147. The minimum Gasteiger partial charge on any atom is -0.492 e. The number of benzene rings is 4. The van der Waals surface area contributed by atoms with E-state index in [1.54, 1.807) is 12.1 Å². The summed E-state index contributed by atoms with van der Waals surface area (Å²) in [6.45, 7) is 5.84. The molecule has 4 aromatic carbocycles. The van der Waals surface area contributed by atoms with Crippen molar-refractivity contribution in [3.8, 4) is 28.4 Å². The van der Waals surface area contributed by atoms with Crippen LogP contribution in [0.4, 0.5) is 0 Å². The van der Waals surface area contributed by atoms with Crippen molar-refractivity contribution < 1.29 is 17.9 Å². The quantitative estimate of drug-likeness (QED) is 0.215. The third kappa shape index (κ3) is 6.20. The number of nitrogens with zero attached hydrogens (tertiary/aromatic N) is 1. The van der Waals surface area contributed by atoms with Crippen LogP contribution in [0.25, 0.3) is 21.9 Å². The molecule has 0 amide bonds. The van der Waals surface area contributed by atoms with Gasteiger partial charge in [-0.25, -0.2) is 8.42 Å². The van der Waals surface area contributed by atoms with Crippen molar-refractivity contribution in [2.75, 3.05) is 32.0 Å². The Hall–Kier alpha value is -3.35. The molecule has 0 N–H and O–H groups in total. The maximum atomic E-state index is 12.5. The first-order chi connectivity index (χ1) is 18.5. The standard InChI is InChI=1S/C32H35NO4S/c1-2-24-38(34,35)29-17-10-26(11-18-29)31-19-12-25-8-4-5-9-30(25)32(31)37-28-15-13-27(14-16-28)36-23-22-33-20-6-3-7-21-33/h4-5,8-19H,2-3,6-7,20-24H2,1H3. The Morgan fingerprint density at radius 3 is 2.24 bits per heavy atom. The number of rotatable bonds is 10. The van der Waals surface area contributed by atoms with Gasteiger partial charge in [0, 0.05) is 17.5 Å². The van der Waals surface area contributed by atoms with E-state index in [2.05, 4.69) is 17.0 Å². The molecule has 0 unspecified atom stereocenters. The lowest BCUT2D eigenvalue weighted by atomic mass is 9.99. The van der Waals surface area contributed by atoms with Gasteiger partial charge < -0.3 is 9.47 Å². The normalized spacial score (nSPS) is 14.4. The van der Waals surface area contributed by atoms with E-state index < -0.39 is 9.84 Å². The van der Waals surface area contributed by atoms with Gasteiger partial charge in [-0.05, 0) is 85.8 Å². The van der Waals surface area contributed by atoms with Crippen molar-refractivity contribution in [2.24, 2.45) is 0 Å². The summed E-state index contributed by atoms with van der Waals surface area (Å²) in [7, 11) is -3.27. The van der Waals surface area contributed by atoms with Crippen LogP contribution < -0.4 is 9.47 Å². The van der Waals surface area contributed by atoms with Crippen LogP contribution in [0, 0.1) is 0 Å². The van der Waals surface area contributed by atoms with Crippen LogP contribution in [-0.4, -0.2) is 45.3 Å². The van der Waals surface area contributed by atoms with Crippen LogP contribution in [0.3, 0.4) is 0 Å². The van der Waals surface area contributed by atoms with E-state index in [0.717, 1.165) is 39.9 Å². The van der Waals surface area contributed by atoms with E-state index in [1.165, 1.54) is 32.4 Å². The van der Waals surface area contributed by atoms with Gasteiger partial charge in [0.15, 0.2) is 9.84 Å². The number of likely N-dealkylation sites (tertiary alicyclic amines) is 1. The third-order valence-electron chi connectivity index (χ3n) is 7.05. The molecule has 0 aliphatic carbocycles. The van der Waals surface area contributed by atoms with Crippen molar-refractivity contribution in [1.82, 2.24) is 4.90 Å². The van der Waals surface area contributed by atoms with E-state index >= 15 is 0 Å². The fourth-order valence-corrected chi connectivity index (χ4v) is 6.33. The third-order valence-corrected chi connectivity index (χ3v) is 8.98. The Morgan fingerprint density at radius 1 is 0.789 bits per heavy atom. The van der Waals surface area contributed by atoms with Crippen LogP contribution in [0.2, 0.25) is 0 Å². The number of piperidine rings is 1. The summed E-state index contributed by atoms with van der Waals surface area (Å²) in [6.07, 6.45) is 4.49. The van der Waals surface area contributed by atoms with Crippen molar-refractivity contribution in [1.29, 1.82) is 0 Å². The van der Waals surface area contributed by atoms with Crippen LogP contribution in [-0.2, 0) is 9.84 Å². The minimum atomic E-state index is -3.27. The van der Waals surface area contributed by atoms with Crippen molar-refractivity contribution in [2.45, 2.75) is 37.5 Å². The molecule has 1 fully saturated rings. The number of hydrogen-bond acceptors (Lipinski definition) is 5. The van der Waals surface area contributed by atoms with Gasteiger partial charge in [-0.3, -0.25) is 4.90 Å². The van der Waals surface area contributed by atoms with E-state index in [0.29, 0.717) is 23.7 Å². The van der Waals surface area contributed by atoms with Gasteiger partial charge in [0.1, 0.15) is 23.9 Å². The van der Waals surface area contributed by atoms with Gasteiger partial charge in [0.05, 0.1) is 10.6 Å². The second-order valence-electron chi connectivity index (χ2n) is 9.83.